The molecular weight excluding hydrogens is 925 g/mol. The second-order valence-corrected chi connectivity index (χ2v) is 18.4. The van der Waals surface area contributed by atoms with Crippen LogP contribution in [0, 0.1) is 0 Å². The minimum Gasteiger partial charge on any atom is -0.462 e. The summed E-state index contributed by atoms with van der Waals surface area (Å²) in [7, 11) is 0. The number of rotatable bonds is 50. The summed E-state index contributed by atoms with van der Waals surface area (Å²) in [6.45, 7) is 6.18. The first-order valence-corrected chi connectivity index (χ1v) is 29.3. The molecule has 0 rings (SSSR count). The van der Waals surface area contributed by atoms with Gasteiger partial charge in [-0.1, -0.05) is 222 Å². The van der Waals surface area contributed by atoms with Crippen LogP contribution in [0.5, 0.6) is 0 Å². The van der Waals surface area contributed by atoms with Crippen molar-refractivity contribution in [1.29, 1.82) is 0 Å². The maximum atomic E-state index is 12.9. The van der Waals surface area contributed by atoms with Gasteiger partial charge in [0.15, 0.2) is 6.10 Å². The average Bonchev–Trinajstić information content (AvgIpc) is 3.41. The summed E-state index contributed by atoms with van der Waals surface area (Å²) < 4.78 is 16.8. The van der Waals surface area contributed by atoms with Crippen LogP contribution >= 0.6 is 0 Å². The lowest BCUT2D eigenvalue weighted by atomic mass is 10.1. The summed E-state index contributed by atoms with van der Waals surface area (Å²) >= 11 is 0. The molecule has 416 valence electrons. The van der Waals surface area contributed by atoms with E-state index in [4.69, 9.17) is 14.2 Å². The largest absolute Gasteiger partial charge is 0.462 e. The zero-order chi connectivity index (χ0) is 54.3. The Bertz CT molecular complexity index is 1800. The molecule has 1 unspecified atom stereocenters. The third-order valence-corrected chi connectivity index (χ3v) is 11.4. The van der Waals surface area contributed by atoms with Crippen molar-refractivity contribution in [1.82, 2.24) is 0 Å². The number of carbonyl (C=O) groups is 3. The fraction of sp³-hybridized carbons (Fsp3) is 0.522. The summed E-state index contributed by atoms with van der Waals surface area (Å²) in [4.78, 5) is 38.2. The van der Waals surface area contributed by atoms with E-state index in [2.05, 4.69) is 203 Å². The first kappa shape index (κ1) is 69.5. The molecule has 0 aromatic rings. The van der Waals surface area contributed by atoms with Crippen LogP contribution in [0.4, 0.5) is 0 Å². The number of ether oxygens (including phenoxy) is 3. The number of carbonyl (C=O) groups excluding carboxylic acids is 3. The Hall–Kier alpha value is -5.49. The zero-order valence-corrected chi connectivity index (χ0v) is 47.5. The number of hydrogen-bond acceptors (Lipinski definition) is 6. The second-order valence-electron chi connectivity index (χ2n) is 18.4. The van der Waals surface area contributed by atoms with Crippen molar-refractivity contribution < 1.29 is 28.6 Å². The minimum atomic E-state index is -0.836. The molecule has 0 aliphatic heterocycles. The Labute approximate surface area is 459 Å². The Morgan fingerprint density at radius 1 is 0.267 bits per heavy atom. The van der Waals surface area contributed by atoms with E-state index in [0.29, 0.717) is 12.8 Å². The van der Waals surface area contributed by atoms with E-state index < -0.39 is 6.10 Å². The predicted octanol–water partition coefficient (Wildman–Crippen LogP) is 20.1. The van der Waals surface area contributed by atoms with Crippen molar-refractivity contribution in [2.75, 3.05) is 13.2 Å². The Balaban J connectivity index is 4.60. The van der Waals surface area contributed by atoms with E-state index in [9.17, 15) is 14.4 Å². The summed E-state index contributed by atoms with van der Waals surface area (Å²) in [6, 6.07) is 0. The lowest BCUT2D eigenvalue weighted by Gasteiger charge is -2.18. The zero-order valence-electron chi connectivity index (χ0n) is 47.5. The lowest BCUT2D eigenvalue weighted by molar-refractivity contribution is -0.167. The third kappa shape index (κ3) is 59.3. The lowest BCUT2D eigenvalue weighted by Crippen LogP contribution is -2.30. The van der Waals surface area contributed by atoms with E-state index in [0.717, 1.165) is 161 Å². The SMILES string of the molecule is CC/C=C\C/C=C\C/C=C\C/C=C\C/C=C\C/C=C\CCCCC(=O)OCC(COC(=O)CCCC/C=C\C/C=C\C/C=C\C/C=C\CC)OC(=O)CCCCCCC/C=C\C/C=C\C/C=C\C/C=C\C/C=C\CC. The van der Waals surface area contributed by atoms with Crippen LogP contribution in [0.3, 0.4) is 0 Å². The predicted molar refractivity (Wildman–Crippen MR) is 324 cm³/mol. The quantitative estimate of drug-likeness (QED) is 0.0261. The monoisotopic (exact) mass is 1030 g/mol. The fourth-order valence-electron chi connectivity index (χ4n) is 7.11. The molecule has 0 amide bonds. The van der Waals surface area contributed by atoms with Gasteiger partial charge in [-0.25, -0.2) is 0 Å². The number of allylic oxidation sites excluding steroid dienone is 30. The third-order valence-electron chi connectivity index (χ3n) is 11.4. The van der Waals surface area contributed by atoms with Gasteiger partial charge in [-0.05, 0) is 154 Å². The van der Waals surface area contributed by atoms with Gasteiger partial charge in [0.1, 0.15) is 13.2 Å². The maximum absolute atomic E-state index is 12.9. The van der Waals surface area contributed by atoms with E-state index in [1.165, 1.54) is 0 Å². The smallest absolute Gasteiger partial charge is 0.306 e. The highest BCUT2D eigenvalue weighted by atomic mass is 16.6. The highest BCUT2D eigenvalue weighted by molar-refractivity contribution is 5.71. The minimum absolute atomic E-state index is 0.132. The Morgan fingerprint density at radius 3 is 0.773 bits per heavy atom. The molecule has 0 saturated carbocycles. The van der Waals surface area contributed by atoms with Crippen LogP contribution in [0.2, 0.25) is 0 Å². The van der Waals surface area contributed by atoms with Crippen molar-refractivity contribution >= 4 is 17.9 Å². The molecule has 0 fully saturated rings. The molecule has 0 saturated heterocycles. The number of hydrogen-bond donors (Lipinski definition) is 0. The molecule has 6 heteroatoms. The number of unbranched alkanes of at least 4 members (excludes halogenated alkanes) is 9. The van der Waals surface area contributed by atoms with Crippen molar-refractivity contribution in [3.63, 3.8) is 0 Å². The molecule has 0 radical (unpaired) electrons. The van der Waals surface area contributed by atoms with Crippen LogP contribution in [-0.2, 0) is 28.6 Å². The molecule has 0 aromatic carbocycles. The van der Waals surface area contributed by atoms with Gasteiger partial charge in [0.05, 0.1) is 0 Å². The highest BCUT2D eigenvalue weighted by Gasteiger charge is 2.19. The average molecular weight is 1030 g/mol. The maximum Gasteiger partial charge on any atom is 0.306 e. The molecule has 0 aromatic heterocycles. The first-order valence-electron chi connectivity index (χ1n) is 29.3. The van der Waals surface area contributed by atoms with Gasteiger partial charge in [0.2, 0.25) is 0 Å². The molecule has 0 heterocycles. The van der Waals surface area contributed by atoms with Crippen LogP contribution in [0.1, 0.15) is 213 Å². The van der Waals surface area contributed by atoms with Crippen LogP contribution < -0.4 is 0 Å². The first-order chi connectivity index (χ1) is 37.0. The van der Waals surface area contributed by atoms with Crippen LogP contribution in [-0.4, -0.2) is 37.2 Å². The summed E-state index contributed by atoms with van der Waals surface area (Å²) in [5.74, 6) is -1.04. The van der Waals surface area contributed by atoms with Crippen molar-refractivity contribution in [3.8, 4) is 0 Å². The molecule has 0 bridgehead atoms. The van der Waals surface area contributed by atoms with E-state index >= 15 is 0 Å². The van der Waals surface area contributed by atoms with Crippen molar-refractivity contribution in [2.24, 2.45) is 0 Å². The van der Waals surface area contributed by atoms with Crippen molar-refractivity contribution in [2.45, 2.75) is 219 Å². The number of esters is 3. The van der Waals surface area contributed by atoms with Gasteiger partial charge in [-0.2, -0.15) is 0 Å². The van der Waals surface area contributed by atoms with Gasteiger partial charge >= 0.3 is 17.9 Å². The van der Waals surface area contributed by atoms with Crippen LogP contribution in [0.25, 0.3) is 0 Å². The normalized spacial score (nSPS) is 13.5. The topological polar surface area (TPSA) is 78.9 Å². The molecule has 6 nitrogen and oxygen atoms in total. The second kappa shape index (κ2) is 61.1. The van der Waals surface area contributed by atoms with Gasteiger partial charge < -0.3 is 14.2 Å². The van der Waals surface area contributed by atoms with E-state index in [-0.39, 0.29) is 50.4 Å². The van der Waals surface area contributed by atoms with Crippen molar-refractivity contribution in [3.05, 3.63) is 182 Å². The van der Waals surface area contributed by atoms with Gasteiger partial charge in [-0.3, -0.25) is 14.4 Å². The molecule has 1 atom stereocenters. The Morgan fingerprint density at radius 2 is 0.480 bits per heavy atom. The molecule has 0 aliphatic rings. The summed E-state index contributed by atoms with van der Waals surface area (Å²) in [6.07, 6.45) is 91.7. The van der Waals surface area contributed by atoms with Crippen LogP contribution in [0.15, 0.2) is 182 Å². The molecule has 75 heavy (non-hydrogen) atoms. The molecule has 0 aliphatic carbocycles. The summed E-state index contributed by atoms with van der Waals surface area (Å²) in [5, 5.41) is 0. The summed E-state index contributed by atoms with van der Waals surface area (Å²) in [5.41, 5.74) is 0. The van der Waals surface area contributed by atoms with Gasteiger partial charge in [0, 0.05) is 19.3 Å². The highest BCUT2D eigenvalue weighted by Crippen LogP contribution is 2.12. The standard InChI is InChI=1S/C69H104O6/c1-4-7-10-13-16-19-22-25-28-30-32-34-36-38-41-44-47-50-53-56-59-62-68(71)74-65-66(64-73-67(70)61-58-55-52-49-46-43-40-27-24-21-18-15-12-9-6-3)75-69(72)63-60-57-54-51-48-45-42-39-37-35-33-31-29-26-23-20-17-14-11-8-5-2/h7-12,16-21,25-29,32-35,38-42,46-47,49-50,66H,4-6,13-15,22-24,30-31,36-37,43-45,48,51-65H2,1-3H3/b10-7-,11-8-,12-9-,19-16-,20-17-,21-18-,28-25-,29-26-,34-32-,35-33-,40-27-,41-38-,42-39-,49-46-,50-47-. The van der Waals surface area contributed by atoms with Gasteiger partial charge in [0.25, 0.3) is 0 Å². The molecule has 0 N–H and O–H groups in total. The Kier molecular flexibility index (Phi) is 56.6. The van der Waals surface area contributed by atoms with E-state index in [1.54, 1.807) is 0 Å². The van der Waals surface area contributed by atoms with Gasteiger partial charge in [-0.15, -0.1) is 0 Å². The molecular formula is C69H104O6. The molecule has 0 spiro atoms. The van der Waals surface area contributed by atoms with E-state index in [1.807, 2.05) is 0 Å². The fourth-order valence-corrected chi connectivity index (χ4v) is 7.11.